The first kappa shape index (κ1) is 14.2. The standard InChI is InChI=1S/C15H17N5O2/c1-11(21)18-13-4-2-12(3-5-13)15(22)19-9-6-14(10-19)20-16-7-8-17-20/h2-5,7-8,14H,6,9-10H2,1H3,(H,18,21)/t14-/m0/s1. The monoisotopic (exact) mass is 299 g/mol. The number of anilines is 1. The number of nitrogens with zero attached hydrogens (tertiary/aromatic N) is 4. The first-order valence-electron chi connectivity index (χ1n) is 7.16. The van der Waals surface area contributed by atoms with Crippen molar-refractivity contribution >= 4 is 17.5 Å². The summed E-state index contributed by atoms with van der Waals surface area (Å²) in [4.78, 5) is 26.9. The molecule has 3 rings (SSSR count). The first-order chi connectivity index (χ1) is 10.6. The second-order valence-corrected chi connectivity index (χ2v) is 5.30. The minimum atomic E-state index is -0.131. The Morgan fingerprint density at radius 2 is 1.86 bits per heavy atom. The van der Waals surface area contributed by atoms with Crippen molar-refractivity contribution in [2.45, 2.75) is 19.4 Å². The summed E-state index contributed by atoms with van der Waals surface area (Å²) in [6.45, 7) is 2.76. The van der Waals surface area contributed by atoms with E-state index in [4.69, 9.17) is 0 Å². The summed E-state index contributed by atoms with van der Waals surface area (Å²) in [7, 11) is 0. The molecule has 0 saturated carbocycles. The zero-order chi connectivity index (χ0) is 15.5. The molecule has 1 N–H and O–H groups in total. The van der Waals surface area contributed by atoms with Crippen LogP contribution < -0.4 is 5.32 Å². The van der Waals surface area contributed by atoms with Crippen LogP contribution in [-0.4, -0.2) is 44.8 Å². The number of carbonyl (C=O) groups is 2. The summed E-state index contributed by atoms with van der Waals surface area (Å²) < 4.78 is 0. The lowest BCUT2D eigenvalue weighted by atomic mass is 10.2. The second kappa shape index (κ2) is 5.97. The van der Waals surface area contributed by atoms with Gasteiger partial charge in [0, 0.05) is 31.3 Å². The molecule has 1 aliphatic heterocycles. The molecule has 2 heterocycles. The van der Waals surface area contributed by atoms with Crippen LogP contribution in [0, 0.1) is 0 Å². The zero-order valence-electron chi connectivity index (χ0n) is 12.3. The molecule has 1 aromatic heterocycles. The van der Waals surface area contributed by atoms with E-state index in [0.717, 1.165) is 6.42 Å². The Morgan fingerprint density at radius 1 is 1.18 bits per heavy atom. The normalized spacial score (nSPS) is 17.5. The Hall–Kier alpha value is -2.70. The number of likely N-dealkylation sites (tertiary alicyclic amines) is 1. The van der Waals surface area contributed by atoms with Crippen LogP contribution in [0.2, 0.25) is 0 Å². The third-order valence-corrected chi connectivity index (χ3v) is 3.67. The molecule has 0 spiro atoms. The van der Waals surface area contributed by atoms with Crippen molar-refractivity contribution in [2.75, 3.05) is 18.4 Å². The van der Waals surface area contributed by atoms with Crippen molar-refractivity contribution in [2.24, 2.45) is 0 Å². The number of amides is 2. The molecule has 1 saturated heterocycles. The smallest absolute Gasteiger partial charge is 0.253 e. The summed E-state index contributed by atoms with van der Waals surface area (Å²) >= 11 is 0. The third kappa shape index (κ3) is 2.98. The Kier molecular flexibility index (Phi) is 3.86. The Morgan fingerprint density at radius 3 is 2.50 bits per heavy atom. The SMILES string of the molecule is CC(=O)Nc1ccc(C(=O)N2CC[C@H](n3nccn3)C2)cc1. The maximum absolute atomic E-state index is 12.5. The Balaban J connectivity index is 1.65. The highest BCUT2D eigenvalue weighted by Gasteiger charge is 2.28. The minimum Gasteiger partial charge on any atom is -0.336 e. The van der Waals surface area contributed by atoms with Gasteiger partial charge in [0.2, 0.25) is 5.91 Å². The number of carbonyl (C=O) groups excluding carboxylic acids is 2. The molecule has 7 heteroatoms. The molecular weight excluding hydrogens is 282 g/mol. The van der Waals surface area contributed by atoms with E-state index in [2.05, 4.69) is 15.5 Å². The van der Waals surface area contributed by atoms with Crippen LogP contribution in [0.4, 0.5) is 5.69 Å². The summed E-state index contributed by atoms with van der Waals surface area (Å²) in [6, 6.07) is 7.06. The van der Waals surface area contributed by atoms with Crippen LogP contribution in [0.15, 0.2) is 36.7 Å². The van der Waals surface area contributed by atoms with Gasteiger partial charge in [-0.15, -0.1) is 0 Å². The fourth-order valence-corrected chi connectivity index (χ4v) is 2.61. The number of hydrogen-bond acceptors (Lipinski definition) is 4. The van der Waals surface area contributed by atoms with Crippen molar-refractivity contribution in [1.82, 2.24) is 19.9 Å². The molecule has 0 aliphatic carbocycles. The van der Waals surface area contributed by atoms with Crippen molar-refractivity contribution in [3.63, 3.8) is 0 Å². The number of nitrogens with one attached hydrogen (secondary N) is 1. The second-order valence-electron chi connectivity index (χ2n) is 5.30. The molecule has 0 radical (unpaired) electrons. The molecule has 1 atom stereocenters. The van der Waals surface area contributed by atoms with Gasteiger partial charge in [0.15, 0.2) is 0 Å². The van der Waals surface area contributed by atoms with Crippen molar-refractivity contribution in [1.29, 1.82) is 0 Å². The van der Waals surface area contributed by atoms with Crippen LogP contribution in [0.3, 0.4) is 0 Å². The van der Waals surface area contributed by atoms with Crippen LogP contribution in [-0.2, 0) is 4.79 Å². The Labute approximate surface area is 127 Å². The van der Waals surface area contributed by atoms with Gasteiger partial charge in [0.05, 0.1) is 18.4 Å². The average molecular weight is 299 g/mol. The fourth-order valence-electron chi connectivity index (χ4n) is 2.61. The van der Waals surface area contributed by atoms with Crippen LogP contribution in [0.25, 0.3) is 0 Å². The van der Waals surface area contributed by atoms with Crippen molar-refractivity contribution < 1.29 is 9.59 Å². The van der Waals surface area contributed by atoms with Crippen molar-refractivity contribution in [3.05, 3.63) is 42.2 Å². The van der Waals surface area contributed by atoms with E-state index in [-0.39, 0.29) is 17.9 Å². The highest BCUT2D eigenvalue weighted by molar-refractivity contribution is 5.95. The molecule has 0 bridgehead atoms. The molecule has 7 nitrogen and oxygen atoms in total. The maximum Gasteiger partial charge on any atom is 0.253 e. The van der Waals surface area contributed by atoms with Gasteiger partial charge in [0.1, 0.15) is 0 Å². The van der Waals surface area contributed by atoms with E-state index < -0.39 is 0 Å². The molecule has 1 aliphatic rings. The molecular formula is C15H17N5O2. The summed E-state index contributed by atoms with van der Waals surface area (Å²) in [6.07, 6.45) is 4.14. The quantitative estimate of drug-likeness (QED) is 0.927. The van der Waals surface area contributed by atoms with E-state index in [1.54, 1.807) is 46.4 Å². The molecule has 2 amide bonds. The van der Waals surface area contributed by atoms with E-state index >= 15 is 0 Å². The average Bonchev–Trinajstić information content (AvgIpc) is 3.18. The van der Waals surface area contributed by atoms with Gasteiger partial charge in [-0.3, -0.25) is 9.59 Å². The zero-order valence-corrected chi connectivity index (χ0v) is 12.3. The van der Waals surface area contributed by atoms with Gasteiger partial charge in [0.25, 0.3) is 5.91 Å². The molecule has 2 aromatic rings. The number of aromatic nitrogens is 3. The predicted molar refractivity (Wildman–Crippen MR) is 80.3 cm³/mol. The highest BCUT2D eigenvalue weighted by Crippen LogP contribution is 2.22. The van der Waals surface area contributed by atoms with Gasteiger partial charge in [-0.2, -0.15) is 15.0 Å². The van der Waals surface area contributed by atoms with Gasteiger partial charge in [-0.25, -0.2) is 0 Å². The van der Waals surface area contributed by atoms with Gasteiger partial charge in [-0.05, 0) is 30.7 Å². The maximum atomic E-state index is 12.5. The summed E-state index contributed by atoms with van der Waals surface area (Å²) in [5.74, 6) is -0.141. The highest BCUT2D eigenvalue weighted by atomic mass is 16.2. The van der Waals surface area contributed by atoms with Crippen molar-refractivity contribution in [3.8, 4) is 0 Å². The lowest BCUT2D eigenvalue weighted by Crippen LogP contribution is -2.29. The minimum absolute atomic E-state index is 0.0102. The van der Waals surface area contributed by atoms with E-state index in [9.17, 15) is 9.59 Å². The van der Waals surface area contributed by atoms with Crippen LogP contribution in [0.5, 0.6) is 0 Å². The third-order valence-electron chi connectivity index (χ3n) is 3.67. The van der Waals surface area contributed by atoms with E-state index in [1.807, 2.05) is 0 Å². The fraction of sp³-hybridized carbons (Fsp3) is 0.333. The molecule has 1 fully saturated rings. The van der Waals surface area contributed by atoms with Gasteiger partial charge >= 0.3 is 0 Å². The number of benzene rings is 1. The number of hydrogen-bond donors (Lipinski definition) is 1. The first-order valence-corrected chi connectivity index (χ1v) is 7.16. The van der Waals surface area contributed by atoms with E-state index in [1.165, 1.54) is 6.92 Å². The largest absolute Gasteiger partial charge is 0.336 e. The Bertz CT molecular complexity index is 666. The predicted octanol–water partition coefficient (Wildman–Crippen LogP) is 1.32. The van der Waals surface area contributed by atoms with Crippen LogP contribution in [0.1, 0.15) is 29.7 Å². The van der Waals surface area contributed by atoms with Gasteiger partial charge < -0.3 is 10.2 Å². The molecule has 0 unspecified atom stereocenters. The lowest BCUT2D eigenvalue weighted by Gasteiger charge is -2.16. The summed E-state index contributed by atoms with van der Waals surface area (Å²) in [5.41, 5.74) is 1.30. The molecule has 114 valence electrons. The molecule has 22 heavy (non-hydrogen) atoms. The topological polar surface area (TPSA) is 80.1 Å². The number of rotatable bonds is 3. The van der Waals surface area contributed by atoms with Gasteiger partial charge in [-0.1, -0.05) is 0 Å². The molecule has 1 aromatic carbocycles. The van der Waals surface area contributed by atoms with E-state index in [0.29, 0.717) is 24.3 Å². The summed E-state index contributed by atoms with van der Waals surface area (Å²) in [5, 5.41) is 10.9. The van der Waals surface area contributed by atoms with Crippen LogP contribution >= 0.6 is 0 Å². The lowest BCUT2D eigenvalue weighted by molar-refractivity contribution is -0.114.